The molecule has 0 aliphatic carbocycles. The Morgan fingerprint density at radius 1 is 1.45 bits per heavy atom. The van der Waals surface area contributed by atoms with Gasteiger partial charge in [0.15, 0.2) is 0 Å². The zero-order valence-corrected chi connectivity index (χ0v) is 11.2. The number of aromatic amines is 1. The van der Waals surface area contributed by atoms with Crippen LogP contribution in [0.15, 0.2) is 33.3 Å². The molecule has 0 radical (unpaired) electrons. The van der Waals surface area contributed by atoms with E-state index in [-0.39, 0.29) is 0 Å². The van der Waals surface area contributed by atoms with Crippen molar-refractivity contribution < 1.29 is 9.18 Å². The van der Waals surface area contributed by atoms with Gasteiger partial charge < -0.3 is 5.32 Å². The molecule has 106 valence electrons. The number of nitrogens with one attached hydrogen (secondary N) is 2. The maximum absolute atomic E-state index is 13.0. The number of rotatable bonds is 4. The van der Waals surface area contributed by atoms with Crippen LogP contribution in [0.1, 0.15) is 11.3 Å². The van der Waals surface area contributed by atoms with Gasteiger partial charge >= 0.3 is 11.7 Å². The maximum Gasteiger partial charge on any atom is 0.336 e. The van der Waals surface area contributed by atoms with Crippen molar-refractivity contribution in [1.82, 2.24) is 14.9 Å². The van der Waals surface area contributed by atoms with Crippen molar-refractivity contribution >= 4 is 17.4 Å². The fraction of sp³-hybridized carbons (Fsp3) is 0.250. The average molecular weight is 297 g/mol. The fourth-order valence-electron chi connectivity index (χ4n) is 1.60. The van der Waals surface area contributed by atoms with Gasteiger partial charge in [-0.15, -0.1) is 11.3 Å². The Hall–Kier alpha value is -2.22. The number of amides is 1. The molecule has 0 unspecified atom stereocenters. The summed E-state index contributed by atoms with van der Waals surface area (Å²) in [5, 5.41) is 4.46. The molecule has 0 saturated carbocycles. The van der Waals surface area contributed by atoms with Crippen LogP contribution in [0.4, 0.5) is 9.18 Å². The Morgan fingerprint density at radius 3 is 2.95 bits per heavy atom. The quantitative estimate of drug-likeness (QED) is 0.823. The number of carbonyl (C=O) groups excluding carboxylic acids is 1. The van der Waals surface area contributed by atoms with Crippen LogP contribution in [-0.2, 0) is 6.42 Å². The summed E-state index contributed by atoms with van der Waals surface area (Å²) in [5.74, 6) is -1.18. The molecule has 0 fully saturated rings. The van der Waals surface area contributed by atoms with Crippen molar-refractivity contribution in [3.8, 4) is 0 Å². The van der Waals surface area contributed by atoms with Gasteiger partial charge in [-0.25, -0.2) is 14.2 Å². The van der Waals surface area contributed by atoms with E-state index in [2.05, 4.69) is 5.32 Å². The molecular formula is C12H12FN3O3S. The molecule has 0 aliphatic heterocycles. The van der Waals surface area contributed by atoms with Gasteiger partial charge in [0.1, 0.15) is 0 Å². The lowest BCUT2D eigenvalue weighted by Crippen LogP contribution is -2.41. The first-order chi connectivity index (χ1) is 9.58. The molecule has 2 heterocycles. The Kier molecular flexibility index (Phi) is 4.46. The summed E-state index contributed by atoms with van der Waals surface area (Å²) in [7, 11) is 0. The highest BCUT2D eigenvalue weighted by atomic mass is 32.1. The van der Waals surface area contributed by atoms with E-state index in [0.717, 1.165) is 6.42 Å². The van der Waals surface area contributed by atoms with Crippen LogP contribution in [-0.4, -0.2) is 22.1 Å². The van der Waals surface area contributed by atoms with Gasteiger partial charge in [0.25, 0.3) is 5.56 Å². The van der Waals surface area contributed by atoms with Gasteiger partial charge in [-0.1, -0.05) is 6.07 Å². The summed E-state index contributed by atoms with van der Waals surface area (Å²) in [6, 6.07) is 3.17. The largest absolute Gasteiger partial charge is 0.337 e. The van der Waals surface area contributed by atoms with E-state index >= 15 is 0 Å². The molecule has 2 N–H and O–H groups in total. The van der Waals surface area contributed by atoms with E-state index in [9.17, 15) is 18.8 Å². The highest BCUT2D eigenvalue weighted by Crippen LogP contribution is 2.10. The van der Waals surface area contributed by atoms with Crippen LogP contribution in [0.2, 0.25) is 0 Å². The second kappa shape index (κ2) is 6.29. The van der Waals surface area contributed by atoms with Crippen LogP contribution in [0.25, 0.3) is 0 Å². The number of hydrogen-bond acceptors (Lipinski definition) is 4. The number of halogens is 1. The summed E-state index contributed by atoms with van der Waals surface area (Å²) in [6.07, 6.45) is 2.09. The molecule has 2 aromatic rings. The summed E-state index contributed by atoms with van der Waals surface area (Å²) >= 11 is 1.63. The molecule has 8 heteroatoms. The van der Waals surface area contributed by atoms with Crippen LogP contribution in [0, 0.1) is 5.82 Å². The third-order valence-electron chi connectivity index (χ3n) is 2.57. The lowest BCUT2D eigenvalue weighted by atomic mass is 10.2. The monoisotopic (exact) mass is 297 g/mol. The summed E-state index contributed by atoms with van der Waals surface area (Å²) in [6.45, 7) is 0.351. The Morgan fingerprint density at radius 2 is 2.25 bits per heavy atom. The van der Waals surface area contributed by atoms with Gasteiger partial charge in [-0.2, -0.15) is 4.39 Å². The minimum absolute atomic E-state index is 0.351. The van der Waals surface area contributed by atoms with Crippen molar-refractivity contribution in [3.63, 3.8) is 0 Å². The van der Waals surface area contributed by atoms with Crippen molar-refractivity contribution in [2.45, 2.75) is 12.8 Å². The number of H-pyrrole nitrogens is 1. The fourth-order valence-corrected chi connectivity index (χ4v) is 2.35. The van der Waals surface area contributed by atoms with Gasteiger partial charge in [0.05, 0.1) is 6.20 Å². The lowest BCUT2D eigenvalue weighted by Gasteiger charge is -2.06. The average Bonchev–Trinajstić information content (AvgIpc) is 2.92. The topological polar surface area (TPSA) is 84.0 Å². The van der Waals surface area contributed by atoms with Gasteiger partial charge in [0, 0.05) is 11.4 Å². The van der Waals surface area contributed by atoms with Crippen molar-refractivity contribution in [3.05, 3.63) is 55.2 Å². The van der Waals surface area contributed by atoms with E-state index in [1.807, 2.05) is 17.5 Å². The Balaban J connectivity index is 1.90. The third kappa shape index (κ3) is 3.41. The molecule has 0 aromatic carbocycles. The second-order valence-electron chi connectivity index (χ2n) is 4.02. The Labute approximate surface area is 116 Å². The van der Waals surface area contributed by atoms with E-state index in [1.54, 1.807) is 16.3 Å². The number of nitrogens with zero attached hydrogens (tertiary/aromatic N) is 1. The molecule has 0 atom stereocenters. The van der Waals surface area contributed by atoms with Crippen LogP contribution >= 0.6 is 11.3 Å². The zero-order valence-electron chi connectivity index (χ0n) is 10.4. The van der Waals surface area contributed by atoms with E-state index in [4.69, 9.17) is 0 Å². The summed E-state index contributed by atoms with van der Waals surface area (Å²) in [5.41, 5.74) is -2.11. The normalized spacial score (nSPS) is 10.4. The summed E-state index contributed by atoms with van der Waals surface area (Å²) < 4.78 is 13.5. The third-order valence-corrected chi connectivity index (χ3v) is 3.51. The number of thiophene rings is 1. The van der Waals surface area contributed by atoms with Gasteiger partial charge in [-0.05, 0) is 24.3 Å². The molecule has 0 bridgehead atoms. The lowest BCUT2D eigenvalue weighted by molar-refractivity contribution is 0.240. The minimum Gasteiger partial charge on any atom is -0.337 e. The molecule has 0 spiro atoms. The molecule has 2 rings (SSSR count). The van der Waals surface area contributed by atoms with Crippen molar-refractivity contribution in [2.75, 3.05) is 6.54 Å². The predicted molar refractivity (Wildman–Crippen MR) is 72.7 cm³/mol. The SMILES string of the molecule is O=C(NCCCc1cccs1)n1cc(F)c(=O)[nH]c1=O. The Bertz CT molecular complexity index is 705. The highest BCUT2D eigenvalue weighted by Gasteiger charge is 2.10. The van der Waals surface area contributed by atoms with E-state index in [1.165, 1.54) is 4.88 Å². The predicted octanol–water partition coefficient (Wildman–Crippen LogP) is 0.928. The zero-order chi connectivity index (χ0) is 14.5. The van der Waals surface area contributed by atoms with Gasteiger partial charge in [-0.3, -0.25) is 9.78 Å². The maximum atomic E-state index is 13.0. The standard InChI is InChI=1S/C12H12FN3O3S/c13-9-7-16(12(19)15-10(9)17)11(18)14-5-1-3-8-4-2-6-20-8/h2,4,6-7H,1,3,5H2,(H,14,18)(H,15,17,19). The second-order valence-corrected chi connectivity index (χ2v) is 5.05. The first-order valence-corrected chi connectivity index (χ1v) is 6.78. The van der Waals surface area contributed by atoms with E-state index in [0.29, 0.717) is 23.7 Å². The minimum atomic E-state index is -1.18. The number of aromatic nitrogens is 2. The van der Waals surface area contributed by atoms with Gasteiger partial charge in [0.2, 0.25) is 5.82 Å². The van der Waals surface area contributed by atoms with E-state index < -0.39 is 23.1 Å². The van der Waals surface area contributed by atoms with Crippen LogP contribution in [0.5, 0.6) is 0 Å². The molecule has 1 amide bonds. The molecule has 0 saturated heterocycles. The first-order valence-electron chi connectivity index (χ1n) is 5.90. The smallest absolute Gasteiger partial charge is 0.336 e. The summed E-state index contributed by atoms with van der Waals surface area (Å²) in [4.78, 5) is 36.7. The van der Waals surface area contributed by atoms with Crippen molar-refractivity contribution in [1.29, 1.82) is 0 Å². The van der Waals surface area contributed by atoms with Crippen LogP contribution < -0.4 is 16.6 Å². The molecule has 6 nitrogen and oxygen atoms in total. The molecular weight excluding hydrogens is 285 g/mol. The molecule has 2 aromatic heterocycles. The number of aryl methyl sites for hydroxylation is 1. The van der Waals surface area contributed by atoms with Crippen molar-refractivity contribution in [2.24, 2.45) is 0 Å². The molecule has 20 heavy (non-hydrogen) atoms. The number of carbonyl (C=O) groups is 1. The highest BCUT2D eigenvalue weighted by molar-refractivity contribution is 7.09. The number of hydrogen-bond donors (Lipinski definition) is 2. The molecule has 0 aliphatic rings. The van der Waals surface area contributed by atoms with Crippen LogP contribution in [0.3, 0.4) is 0 Å². The first kappa shape index (κ1) is 14.2.